The van der Waals surface area contributed by atoms with Crippen LogP contribution in [-0.2, 0) is 6.42 Å². The van der Waals surface area contributed by atoms with E-state index in [0.29, 0.717) is 6.42 Å². The van der Waals surface area contributed by atoms with E-state index in [1.54, 1.807) is 24.3 Å². The van der Waals surface area contributed by atoms with Gasteiger partial charge in [-0.2, -0.15) is 0 Å². The zero-order chi connectivity index (χ0) is 15.4. The normalized spacial score (nSPS) is 12.2. The van der Waals surface area contributed by atoms with Gasteiger partial charge in [-0.1, -0.05) is 19.4 Å². The topological polar surface area (TPSA) is 80.9 Å². The van der Waals surface area contributed by atoms with E-state index in [0.717, 1.165) is 24.0 Å². The van der Waals surface area contributed by atoms with E-state index in [-0.39, 0.29) is 28.9 Å². The fourth-order valence-electron chi connectivity index (χ4n) is 2.59. The molecule has 0 fully saturated rings. The highest BCUT2D eigenvalue weighted by atomic mass is 16.3. The fourth-order valence-corrected chi connectivity index (χ4v) is 2.59. The Morgan fingerprint density at radius 2 is 1.52 bits per heavy atom. The summed E-state index contributed by atoms with van der Waals surface area (Å²) in [6.07, 6.45) is 2.51. The van der Waals surface area contributed by atoms with Gasteiger partial charge < -0.3 is 20.4 Å². The number of phenolic OH excluding ortho intramolecular Hbond substituents is 4. The van der Waals surface area contributed by atoms with Crippen LogP contribution in [0.1, 0.15) is 36.8 Å². The molecule has 0 aliphatic rings. The minimum atomic E-state index is -0.135. The largest absolute Gasteiger partial charge is 0.508 e. The number of phenols is 4. The molecule has 0 aliphatic carbocycles. The molecule has 0 bridgehead atoms. The molecule has 0 saturated heterocycles. The average Bonchev–Trinajstić information content (AvgIpc) is 2.40. The summed E-state index contributed by atoms with van der Waals surface area (Å²) in [5.74, 6) is -0.0540. The van der Waals surface area contributed by atoms with Gasteiger partial charge in [0.1, 0.15) is 11.5 Å². The first-order chi connectivity index (χ1) is 9.99. The molecule has 0 amide bonds. The first kappa shape index (κ1) is 15.0. The predicted octanol–water partition coefficient (Wildman–Crippen LogP) is 3.64. The minimum absolute atomic E-state index is 0.0359. The molecule has 2 aromatic carbocycles. The van der Waals surface area contributed by atoms with Crippen LogP contribution >= 0.6 is 0 Å². The SMILES string of the molecule is CCCC(Cc1cc(O)cc(O)c1)c1ccc(O)c(O)c1. The Balaban J connectivity index is 2.27. The number of rotatable bonds is 5. The average molecular weight is 288 g/mol. The maximum Gasteiger partial charge on any atom is 0.157 e. The van der Waals surface area contributed by atoms with Crippen molar-refractivity contribution in [3.05, 3.63) is 47.5 Å². The summed E-state index contributed by atoms with van der Waals surface area (Å²) in [5.41, 5.74) is 1.76. The second-order valence-electron chi connectivity index (χ2n) is 5.30. The van der Waals surface area contributed by atoms with Crippen molar-refractivity contribution in [3.63, 3.8) is 0 Å². The lowest BCUT2D eigenvalue weighted by Crippen LogP contribution is -2.03. The molecule has 112 valence electrons. The highest BCUT2D eigenvalue weighted by molar-refractivity contribution is 5.43. The van der Waals surface area contributed by atoms with Crippen LogP contribution in [0, 0.1) is 0 Å². The van der Waals surface area contributed by atoms with Crippen LogP contribution in [0.4, 0.5) is 0 Å². The number of aromatic hydroxyl groups is 4. The molecule has 1 unspecified atom stereocenters. The van der Waals surface area contributed by atoms with Crippen molar-refractivity contribution in [3.8, 4) is 23.0 Å². The summed E-state index contributed by atoms with van der Waals surface area (Å²) in [5, 5.41) is 38.2. The third-order valence-corrected chi connectivity index (χ3v) is 3.55. The third-order valence-electron chi connectivity index (χ3n) is 3.55. The van der Waals surface area contributed by atoms with Gasteiger partial charge in [-0.3, -0.25) is 0 Å². The Labute approximate surface area is 123 Å². The second kappa shape index (κ2) is 6.39. The van der Waals surface area contributed by atoms with Crippen molar-refractivity contribution in [1.29, 1.82) is 0 Å². The van der Waals surface area contributed by atoms with Gasteiger partial charge in [-0.15, -0.1) is 0 Å². The van der Waals surface area contributed by atoms with Crippen LogP contribution in [0.2, 0.25) is 0 Å². The van der Waals surface area contributed by atoms with Gasteiger partial charge >= 0.3 is 0 Å². The lowest BCUT2D eigenvalue weighted by atomic mass is 9.88. The van der Waals surface area contributed by atoms with Crippen molar-refractivity contribution in [2.75, 3.05) is 0 Å². The summed E-state index contributed by atoms with van der Waals surface area (Å²) < 4.78 is 0. The maximum absolute atomic E-state index is 9.64. The van der Waals surface area contributed by atoms with E-state index in [2.05, 4.69) is 6.92 Å². The van der Waals surface area contributed by atoms with Gasteiger partial charge in [-0.05, 0) is 54.2 Å². The quantitative estimate of drug-likeness (QED) is 0.633. The lowest BCUT2D eigenvalue weighted by Gasteiger charge is -2.18. The number of hydrogen-bond donors (Lipinski definition) is 4. The van der Waals surface area contributed by atoms with Crippen molar-refractivity contribution in [2.24, 2.45) is 0 Å². The Hall–Kier alpha value is -2.36. The van der Waals surface area contributed by atoms with E-state index in [4.69, 9.17) is 0 Å². The van der Waals surface area contributed by atoms with Crippen LogP contribution in [0.5, 0.6) is 23.0 Å². The summed E-state index contributed by atoms with van der Waals surface area (Å²) in [4.78, 5) is 0. The molecule has 2 rings (SSSR count). The van der Waals surface area contributed by atoms with Crippen LogP contribution in [0.3, 0.4) is 0 Å². The molecule has 4 nitrogen and oxygen atoms in total. The smallest absolute Gasteiger partial charge is 0.157 e. The van der Waals surface area contributed by atoms with Crippen LogP contribution in [-0.4, -0.2) is 20.4 Å². The molecule has 2 aromatic rings. The Morgan fingerprint density at radius 3 is 2.10 bits per heavy atom. The summed E-state index contributed by atoms with van der Waals surface area (Å²) >= 11 is 0. The van der Waals surface area contributed by atoms with E-state index in [1.807, 2.05) is 0 Å². The van der Waals surface area contributed by atoms with E-state index >= 15 is 0 Å². The number of hydrogen-bond acceptors (Lipinski definition) is 4. The monoisotopic (exact) mass is 288 g/mol. The zero-order valence-electron chi connectivity index (χ0n) is 12.0. The molecule has 1 atom stereocenters. The van der Waals surface area contributed by atoms with Crippen molar-refractivity contribution < 1.29 is 20.4 Å². The van der Waals surface area contributed by atoms with Gasteiger partial charge in [-0.25, -0.2) is 0 Å². The van der Waals surface area contributed by atoms with Gasteiger partial charge in [0.2, 0.25) is 0 Å². The van der Waals surface area contributed by atoms with Gasteiger partial charge in [0, 0.05) is 6.07 Å². The second-order valence-corrected chi connectivity index (χ2v) is 5.30. The summed E-state index contributed by atoms with van der Waals surface area (Å²) in [7, 11) is 0. The van der Waals surface area contributed by atoms with Gasteiger partial charge in [0.25, 0.3) is 0 Å². The van der Waals surface area contributed by atoms with Crippen molar-refractivity contribution in [2.45, 2.75) is 32.1 Å². The predicted molar refractivity (Wildman–Crippen MR) is 80.9 cm³/mol. The van der Waals surface area contributed by atoms with Crippen molar-refractivity contribution in [1.82, 2.24) is 0 Å². The molecule has 0 spiro atoms. The lowest BCUT2D eigenvalue weighted by molar-refractivity contribution is 0.402. The standard InChI is InChI=1S/C17H20O4/c1-2-3-12(13-4-5-16(20)17(21)9-13)6-11-7-14(18)10-15(19)8-11/h4-5,7-10,12,18-21H,2-3,6H2,1H3. The highest BCUT2D eigenvalue weighted by Gasteiger charge is 2.14. The van der Waals surface area contributed by atoms with Crippen LogP contribution in [0.15, 0.2) is 36.4 Å². The first-order valence-electron chi connectivity index (χ1n) is 7.03. The van der Waals surface area contributed by atoms with Gasteiger partial charge in [0.15, 0.2) is 11.5 Å². The third kappa shape index (κ3) is 3.81. The molecule has 0 radical (unpaired) electrons. The Bertz CT molecular complexity index is 602. The molecular formula is C17H20O4. The summed E-state index contributed by atoms with van der Waals surface area (Å²) in [6, 6.07) is 9.39. The molecule has 21 heavy (non-hydrogen) atoms. The maximum atomic E-state index is 9.64. The Morgan fingerprint density at radius 1 is 0.857 bits per heavy atom. The van der Waals surface area contributed by atoms with Crippen molar-refractivity contribution >= 4 is 0 Å². The summed E-state index contributed by atoms with van der Waals surface area (Å²) in [6.45, 7) is 2.08. The molecule has 0 saturated carbocycles. The van der Waals surface area contributed by atoms with E-state index < -0.39 is 0 Å². The van der Waals surface area contributed by atoms with Gasteiger partial charge in [0.05, 0.1) is 0 Å². The Kier molecular flexibility index (Phi) is 4.58. The van der Waals surface area contributed by atoms with E-state index in [9.17, 15) is 20.4 Å². The molecule has 0 heterocycles. The fraction of sp³-hybridized carbons (Fsp3) is 0.294. The van der Waals surface area contributed by atoms with E-state index in [1.165, 1.54) is 12.1 Å². The first-order valence-corrected chi connectivity index (χ1v) is 7.03. The molecule has 4 heteroatoms. The minimum Gasteiger partial charge on any atom is -0.508 e. The molecule has 0 aliphatic heterocycles. The van der Waals surface area contributed by atoms with Crippen LogP contribution < -0.4 is 0 Å². The highest BCUT2D eigenvalue weighted by Crippen LogP contribution is 2.33. The molecular weight excluding hydrogens is 268 g/mol. The van der Waals surface area contributed by atoms with Crippen LogP contribution in [0.25, 0.3) is 0 Å². The molecule has 0 aromatic heterocycles. The zero-order valence-corrected chi connectivity index (χ0v) is 12.0. The number of benzene rings is 2. The molecule has 4 N–H and O–H groups in total.